The number of halogens is 1. The minimum absolute atomic E-state index is 0.233. The van der Waals surface area contributed by atoms with E-state index in [1.807, 2.05) is 18.2 Å². The molecule has 0 aliphatic rings. The third-order valence-electron chi connectivity index (χ3n) is 3.20. The minimum Gasteiger partial charge on any atom is -0.497 e. The number of nitrogens with zero attached hydrogens (tertiary/aromatic N) is 3. The number of nitrogens with one attached hydrogen (secondary N) is 1. The fraction of sp³-hybridized carbons (Fsp3) is 0.0625. The lowest BCUT2D eigenvalue weighted by Gasteiger charge is -2.12. The van der Waals surface area contributed by atoms with Crippen LogP contribution >= 0.6 is 15.9 Å². The van der Waals surface area contributed by atoms with Crippen molar-refractivity contribution in [3.63, 3.8) is 0 Å². The Morgan fingerprint density at radius 2 is 2.13 bits per heavy atom. The number of methoxy groups -OCH3 is 1. The smallest absolute Gasteiger partial charge is 0.255 e. The molecule has 3 rings (SSSR count). The van der Waals surface area contributed by atoms with Crippen LogP contribution in [-0.2, 0) is 0 Å². The molecular formula is C16H13BrN4O2. The molecule has 1 amide bonds. The summed E-state index contributed by atoms with van der Waals surface area (Å²) < 4.78 is 7.59. The molecule has 0 aliphatic carbocycles. The van der Waals surface area contributed by atoms with Gasteiger partial charge in [-0.2, -0.15) is 5.10 Å². The highest BCUT2D eigenvalue weighted by molar-refractivity contribution is 9.10. The van der Waals surface area contributed by atoms with E-state index in [4.69, 9.17) is 4.74 Å². The molecule has 7 heteroatoms. The second-order valence-corrected chi connectivity index (χ2v) is 5.60. The van der Waals surface area contributed by atoms with Gasteiger partial charge < -0.3 is 10.1 Å². The summed E-state index contributed by atoms with van der Waals surface area (Å²) in [5, 5.41) is 7.00. The summed E-state index contributed by atoms with van der Waals surface area (Å²) in [6.45, 7) is 0. The number of hydrogen-bond donors (Lipinski definition) is 1. The van der Waals surface area contributed by atoms with Gasteiger partial charge in [0.25, 0.3) is 5.91 Å². The van der Waals surface area contributed by atoms with Gasteiger partial charge in [0.15, 0.2) is 0 Å². The molecule has 0 aliphatic heterocycles. The number of carbonyl (C=O) groups excluding carboxylic acids is 1. The van der Waals surface area contributed by atoms with Crippen LogP contribution in [0.15, 0.2) is 59.6 Å². The van der Waals surface area contributed by atoms with E-state index >= 15 is 0 Å². The molecule has 0 spiro atoms. The summed E-state index contributed by atoms with van der Waals surface area (Å²) >= 11 is 3.41. The first-order chi connectivity index (χ1) is 11.2. The predicted octanol–water partition coefficient (Wildman–Crippen LogP) is 3.29. The van der Waals surface area contributed by atoms with Crippen molar-refractivity contribution in [2.75, 3.05) is 12.4 Å². The van der Waals surface area contributed by atoms with E-state index in [1.165, 1.54) is 6.33 Å². The molecule has 0 saturated carbocycles. The quantitative estimate of drug-likeness (QED) is 0.762. The molecule has 1 heterocycles. The summed E-state index contributed by atoms with van der Waals surface area (Å²) in [7, 11) is 1.56. The summed E-state index contributed by atoms with van der Waals surface area (Å²) in [4.78, 5) is 16.4. The second kappa shape index (κ2) is 6.62. The van der Waals surface area contributed by atoms with Crippen LogP contribution < -0.4 is 10.1 Å². The molecule has 0 atom stereocenters. The molecule has 3 aromatic rings. The zero-order chi connectivity index (χ0) is 16.2. The predicted molar refractivity (Wildman–Crippen MR) is 90.0 cm³/mol. The highest BCUT2D eigenvalue weighted by Crippen LogP contribution is 2.25. The van der Waals surface area contributed by atoms with Crippen LogP contribution in [0.5, 0.6) is 5.75 Å². The third kappa shape index (κ3) is 3.40. The molecule has 2 aromatic carbocycles. The van der Waals surface area contributed by atoms with Crippen LogP contribution in [0, 0.1) is 0 Å². The summed E-state index contributed by atoms with van der Waals surface area (Å²) in [5.41, 5.74) is 1.86. The fourth-order valence-corrected chi connectivity index (χ4v) is 2.46. The van der Waals surface area contributed by atoms with Gasteiger partial charge in [0.2, 0.25) is 0 Å². The Morgan fingerprint density at radius 1 is 1.26 bits per heavy atom. The number of carbonyl (C=O) groups is 1. The molecule has 0 saturated heterocycles. The van der Waals surface area contributed by atoms with Gasteiger partial charge in [-0.3, -0.25) is 4.79 Å². The van der Waals surface area contributed by atoms with Gasteiger partial charge in [0, 0.05) is 10.0 Å². The van der Waals surface area contributed by atoms with Crippen LogP contribution in [0.25, 0.3) is 5.69 Å². The van der Waals surface area contributed by atoms with Crippen molar-refractivity contribution >= 4 is 27.5 Å². The van der Waals surface area contributed by atoms with Crippen LogP contribution in [0.1, 0.15) is 10.4 Å². The Labute approximate surface area is 141 Å². The van der Waals surface area contributed by atoms with E-state index in [-0.39, 0.29) is 5.91 Å². The maximum atomic E-state index is 12.5. The summed E-state index contributed by atoms with van der Waals surface area (Å²) in [5.74, 6) is 0.395. The maximum absolute atomic E-state index is 12.5. The lowest BCUT2D eigenvalue weighted by atomic mass is 10.2. The Balaban J connectivity index is 1.93. The molecule has 23 heavy (non-hydrogen) atoms. The number of aromatic nitrogens is 3. The monoisotopic (exact) mass is 372 g/mol. The lowest BCUT2D eigenvalue weighted by Crippen LogP contribution is -2.14. The van der Waals surface area contributed by atoms with Gasteiger partial charge in [-0.15, -0.1) is 0 Å². The van der Waals surface area contributed by atoms with Gasteiger partial charge in [0.1, 0.15) is 18.4 Å². The average molecular weight is 373 g/mol. The summed E-state index contributed by atoms with van der Waals surface area (Å²) in [6, 6.07) is 12.5. The molecule has 0 fully saturated rings. The highest BCUT2D eigenvalue weighted by Gasteiger charge is 2.12. The van der Waals surface area contributed by atoms with E-state index in [0.717, 1.165) is 10.2 Å². The minimum atomic E-state index is -0.233. The van der Waals surface area contributed by atoms with Crippen LogP contribution in [0.4, 0.5) is 5.69 Å². The van der Waals surface area contributed by atoms with Crippen molar-refractivity contribution in [1.82, 2.24) is 14.8 Å². The zero-order valence-corrected chi connectivity index (χ0v) is 13.8. The normalized spacial score (nSPS) is 10.3. The van der Waals surface area contributed by atoms with Gasteiger partial charge in [-0.05, 0) is 36.4 Å². The Bertz CT molecular complexity index is 834. The number of anilines is 1. The number of ether oxygens (including phenoxy) is 1. The maximum Gasteiger partial charge on any atom is 0.255 e. The molecule has 0 unspecified atom stereocenters. The number of amides is 1. The Hall–Kier alpha value is -2.67. The van der Waals surface area contributed by atoms with Crippen molar-refractivity contribution < 1.29 is 9.53 Å². The molecule has 116 valence electrons. The molecular weight excluding hydrogens is 360 g/mol. The first-order valence-corrected chi connectivity index (χ1v) is 7.56. The van der Waals surface area contributed by atoms with Gasteiger partial charge >= 0.3 is 0 Å². The van der Waals surface area contributed by atoms with E-state index in [1.54, 1.807) is 42.4 Å². The van der Waals surface area contributed by atoms with Crippen LogP contribution in [0.3, 0.4) is 0 Å². The largest absolute Gasteiger partial charge is 0.497 e. The summed E-state index contributed by atoms with van der Waals surface area (Å²) in [6.07, 6.45) is 3.01. The molecule has 0 radical (unpaired) electrons. The van der Waals surface area contributed by atoms with Crippen molar-refractivity contribution in [2.24, 2.45) is 0 Å². The topological polar surface area (TPSA) is 69.0 Å². The number of benzene rings is 2. The first kappa shape index (κ1) is 15.2. The van der Waals surface area contributed by atoms with E-state index in [2.05, 4.69) is 31.3 Å². The number of rotatable bonds is 4. The van der Waals surface area contributed by atoms with Gasteiger partial charge in [-0.25, -0.2) is 9.67 Å². The zero-order valence-electron chi connectivity index (χ0n) is 12.2. The number of hydrogen-bond acceptors (Lipinski definition) is 4. The van der Waals surface area contributed by atoms with Crippen LogP contribution in [0.2, 0.25) is 0 Å². The van der Waals surface area contributed by atoms with Gasteiger partial charge in [-0.1, -0.05) is 22.0 Å². The first-order valence-electron chi connectivity index (χ1n) is 6.77. The fourth-order valence-electron chi connectivity index (χ4n) is 2.10. The van der Waals surface area contributed by atoms with Gasteiger partial charge in [0.05, 0.1) is 18.5 Å². The van der Waals surface area contributed by atoms with Crippen molar-refractivity contribution in [3.05, 3.63) is 65.2 Å². The van der Waals surface area contributed by atoms with E-state index in [0.29, 0.717) is 17.0 Å². The SMILES string of the molecule is COc1cccc(C(=O)Nc2cc(Br)ccc2-n2cncn2)c1. The average Bonchev–Trinajstić information content (AvgIpc) is 3.09. The van der Waals surface area contributed by atoms with E-state index in [9.17, 15) is 4.79 Å². The van der Waals surface area contributed by atoms with Crippen molar-refractivity contribution in [2.45, 2.75) is 0 Å². The Kier molecular flexibility index (Phi) is 4.38. The molecule has 1 aromatic heterocycles. The second-order valence-electron chi connectivity index (χ2n) is 4.69. The highest BCUT2D eigenvalue weighted by atomic mass is 79.9. The molecule has 0 bridgehead atoms. The molecule has 6 nitrogen and oxygen atoms in total. The van der Waals surface area contributed by atoms with Crippen LogP contribution in [-0.4, -0.2) is 27.8 Å². The lowest BCUT2D eigenvalue weighted by molar-refractivity contribution is 0.102. The molecule has 1 N–H and O–H groups in total. The third-order valence-corrected chi connectivity index (χ3v) is 3.70. The standard InChI is InChI=1S/C16H13BrN4O2/c1-23-13-4-2-3-11(7-13)16(22)20-14-8-12(17)5-6-15(14)21-10-18-9-19-21/h2-10H,1H3,(H,20,22). The Morgan fingerprint density at radius 3 is 2.87 bits per heavy atom. The van der Waals surface area contributed by atoms with Crippen molar-refractivity contribution in [3.8, 4) is 11.4 Å². The van der Waals surface area contributed by atoms with Crippen molar-refractivity contribution in [1.29, 1.82) is 0 Å². The van der Waals surface area contributed by atoms with E-state index < -0.39 is 0 Å².